The molecule has 2 heterocycles. The second-order valence-electron chi connectivity index (χ2n) is 11.1. The van der Waals surface area contributed by atoms with Crippen LogP contribution in [0.5, 0.6) is 0 Å². The minimum atomic E-state index is -0.896. The summed E-state index contributed by atoms with van der Waals surface area (Å²) < 4.78 is 21.9. The molecule has 0 spiro atoms. The van der Waals surface area contributed by atoms with Gasteiger partial charge in [-0.2, -0.15) is 0 Å². The van der Waals surface area contributed by atoms with Gasteiger partial charge in [-0.15, -0.1) is 0 Å². The number of nitrogens with one attached hydrogen (secondary N) is 1. The first-order valence-corrected chi connectivity index (χ1v) is 14.0. The second kappa shape index (κ2) is 16.0. The zero-order valence-electron chi connectivity index (χ0n) is 24.7. The van der Waals surface area contributed by atoms with Gasteiger partial charge in [0.15, 0.2) is 0 Å². The van der Waals surface area contributed by atoms with Gasteiger partial charge >= 0.3 is 11.9 Å². The minimum absolute atomic E-state index is 0.0217. The van der Waals surface area contributed by atoms with Crippen molar-refractivity contribution in [1.82, 2.24) is 5.32 Å². The van der Waals surface area contributed by atoms with E-state index in [9.17, 15) is 24.6 Å². The second-order valence-corrected chi connectivity index (χ2v) is 11.1. The van der Waals surface area contributed by atoms with Crippen LogP contribution in [0.1, 0.15) is 67.2 Å². The first-order chi connectivity index (χ1) is 18.8. The molecule has 0 radical (unpaired) electrons. The van der Waals surface area contributed by atoms with E-state index in [2.05, 4.69) is 18.3 Å². The van der Waals surface area contributed by atoms with Crippen LogP contribution in [0.3, 0.4) is 0 Å². The molecule has 2 rings (SSSR count). The molecule has 0 aromatic rings. The van der Waals surface area contributed by atoms with Crippen molar-refractivity contribution in [3.63, 3.8) is 0 Å². The number of rotatable bonds is 11. The van der Waals surface area contributed by atoms with Crippen molar-refractivity contribution in [2.24, 2.45) is 11.8 Å². The molecule has 10 nitrogen and oxygen atoms in total. The van der Waals surface area contributed by atoms with Crippen molar-refractivity contribution in [1.29, 1.82) is 0 Å². The number of hydrogen-bond donors (Lipinski definition) is 3. The van der Waals surface area contributed by atoms with Gasteiger partial charge in [0.25, 0.3) is 0 Å². The molecule has 0 bridgehead atoms. The molecule has 2 aliphatic rings. The van der Waals surface area contributed by atoms with Gasteiger partial charge in [-0.05, 0) is 59.0 Å². The highest BCUT2D eigenvalue weighted by molar-refractivity contribution is 5.87. The fourth-order valence-electron chi connectivity index (χ4n) is 5.17. The molecule has 226 valence electrons. The number of amides is 1. The number of methoxy groups -OCH3 is 1. The average Bonchev–Trinajstić information content (AvgIpc) is 2.87. The lowest BCUT2D eigenvalue weighted by Gasteiger charge is -2.39. The molecule has 0 aliphatic carbocycles. The molecule has 1 amide bonds. The number of aliphatic hydroxyl groups is 2. The molecule has 0 aromatic carbocycles. The summed E-state index contributed by atoms with van der Waals surface area (Å²) in [5.41, 5.74) is 0.963. The molecule has 40 heavy (non-hydrogen) atoms. The smallest absolute Gasteiger partial charge is 0.308 e. The molecule has 3 N–H and O–H groups in total. The first kappa shape index (κ1) is 33.7. The molecule has 0 aromatic heterocycles. The van der Waals surface area contributed by atoms with Crippen molar-refractivity contribution in [2.45, 2.75) is 116 Å². The molecule has 0 saturated carbocycles. The Labute approximate surface area is 237 Å². The van der Waals surface area contributed by atoms with Crippen LogP contribution in [-0.4, -0.2) is 83.9 Å². The molecule has 2 saturated heterocycles. The lowest BCUT2D eigenvalue weighted by molar-refractivity contribution is -0.163. The van der Waals surface area contributed by atoms with E-state index < -0.39 is 48.4 Å². The highest BCUT2D eigenvalue weighted by atomic mass is 16.5. The maximum Gasteiger partial charge on any atom is 0.308 e. The lowest BCUT2D eigenvalue weighted by atomic mass is 9.84. The van der Waals surface area contributed by atoms with Crippen LogP contribution in [0.2, 0.25) is 0 Å². The van der Waals surface area contributed by atoms with Crippen molar-refractivity contribution in [3.05, 3.63) is 36.0 Å². The Hall–Kier alpha value is -2.53. The summed E-state index contributed by atoms with van der Waals surface area (Å²) in [6.07, 6.45) is 7.06. The third kappa shape index (κ3) is 10.8. The standard InChI is InChI=1S/C30H47NO9/c1-17(9-12-27-30(36)24(20(4)32)15-23(40-27)16-29(35)37-7)8-11-26-18(2)14-25(21(5)39-26)31-28(34)13-10-19(3)38-22(6)33/h8-10,12-13,18-21,23-27,30,32,36H,11,14-16H2,1-7H3,(H,31,34)/b12-9+,13-10-,17-8+/t18-,19-,20?,21+,23-,24?,25+,26-,27+,30-/m0/s1. The number of esters is 2. The van der Waals surface area contributed by atoms with E-state index in [1.165, 1.54) is 20.1 Å². The fourth-order valence-corrected chi connectivity index (χ4v) is 5.17. The van der Waals surface area contributed by atoms with Crippen LogP contribution in [0.4, 0.5) is 0 Å². The molecule has 2 aliphatic heterocycles. The minimum Gasteiger partial charge on any atom is -0.469 e. The lowest BCUT2D eigenvalue weighted by Crippen LogP contribution is -2.50. The number of aliphatic hydroxyl groups excluding tert-OH is 2. The van der Waals surface area contributed by atoms with Gasteiger partial charge in [-0.1, -0.05) is 30.7 Å². The van der Waals surface area contributed by atoms with E-state index in [-0.39, 0.29) is 36.5 Å². The molecule has 2 unspecified atom stereocenters. The van der Waals surface area contributed by atoms with Crippen molar-refractivity contribution >= 4 is 17.8 Å². The summed E-state index contributed by atoms with van der Waals surface area (Å²) in [5, 5.41) is 23.9. The SMILES string of the molecule is COC(=O)C[C@@H]1CC(C(C)O)[C@H](O)[C@@H](/C=C/C(C)=C/C[C@@H]2O[C@H](C)[C@H](NC(=O)/C=C\[C@H](C)OC(C)=O)C[C@@H]2C)O1. The van der Waals surface area contributed by atoms with Crippen LogP contribution in [0.15, 0.2) is 36.0 Å². The zero-order valence-corrected chi connectivity index (χ0v) is 24.7. The highest BCUT2D eigenvalue weighted by Gasteiger charge is 2.39. The van der Waals surface area contributed by atoms with E-state index in [0.717, 1.165) is 12.0 Å². The highest BCUT2D eigenvalue weighted by Crippen LogP contribution is 2.31. The van der Waals surface area contributed by atoms with Gasteiger partial charge in [-0.3, -0.25) is 14.4 Å². The van der Waals surface area contributed by atoms with Gasteiger partial charge in [0.05, 0.1) is 50.1 Å². The number of carbonyl (C=O) groups is 3. The van der Waals surface area contributed by atoms with Crippen LogP contribution in [-0.2, 0) is 33.3 Å². The Morgan fingerprint density at radius 1 is 1.10 bits per heavy atom. The number of ether oxygens (including phenoxy) is 4. The van der Waals surface area contributed by atoms with Gasteiger partial charge in [-0.25, -0.2) is 0 Å². The Morgan fingerprint density at radius 2 is 1.80 bits per heavy atom. The predicted octanol–water partition coefficient (Wildman–Crippen LogP) is 2.76. The molecular formula is C30H47NO9. The molecule has 2 fully saturated rings. The van der Waals surface area contributed by atoms with E-state index >= 15 is 0 Å². The van der Waals surface area contributed by atoms with Crippen LogP contribution in [0.25, 0.3) is 0 Å². The number of hydrogen-bond acceptors (Lipinski definition) is 9. The van der Waals surface area contributed by atoms with E-state index in [0.29, 0.717) is 12.8 Å². The molecule has 10 heteroatoms. The average molecular weight is 566 g/mol. The van der Waals surface area contributed by atoms with Crippen molar-refractivity contribution < 1.29 is 43.5 Å². The van der Waals surface area contributed by atoms with Gasteiger partial charge in [0, 0.05) is 18.9 Å². The Morgan fingerprint density at radius 3 is 2.42 bits per heavy atom. The van der Waals surface area contributed by atoms with Crippen LogP contribution in [0, 0.1) is 11.8 Å². The number of allylic oxidation sites excluding steroid dienone is 2. The predicted molar refractivity (Wildman–Crippen MR) is 149 cm³/mol. The quantitative estimate of drug-likeness (QED) is 0.196. The Bertz CT molecular complexity index is 943. The summed E-state index contributed by atoms with van der Waals surface area (Å²) in [6, 6.07) is -0.137. The Kier molecular flexibility index (Phi) is 13.5. The van der Waals surface area contributed by atoms with Gasteiger partial charge < -0.3 is 34.5 Å². The summed E-state index contributed by atoms with van der Waals surface area (Å²) in [5.74, 6) is -1.27. The molecule has 10 atom stereocenters. The zero-order chi connectivity index (χ0) is 30.0. The summed E-state index contributed by atoms with van der Waals surface area (Å²) in [6.45, 7) is 10.6. The fraction of sp³-hybridized carbons (Fsp3) is 0.700. The van der Waals surface area contributed by atoms with Crippen LogP contribution >= 0.6 is 0 Å². The van der Waals surface area contributed by atoms with Crippen molar-refractivity contribution in [3.8, 4) is 0 Å². The topological polar surface area (TPSA) is 141 Å². The van der Waals surface area contributed by atoms with Gasteiger partial charge in [0.1, 0.15) is 12.2 Å². The maximum absolute atomic E-state index is 12.3. The van der Waals surface area contributed by atoms with Gasteiger partial charge in [0.2, 0.25) is 5.91 Å². The summed E-state index contributed by atoms with van der Waals surface area (Å²) in [4.78, 5) is 35.1. The first-order valence-electron chi connectivity index (χ1n) is 14.0. The normalized spacial score (nSPS) is 33.0. The largest absolute Gasteiger partial charge is 0.469 e. The van der Waals surface area contributed by atoms with E-state index in [1.807, 2.05) is 19.9 Å². The van der Waals surface area contributed by atoms with Crippen LogP contribution < -0.4 is 5.32 Å². The monoisotopic (exact) mass is 565 g/mol. The van der Waals surface area contributed by atoms with E-state index in [4.69, 9.17) is 18.9 Å². The third-order valence-electron chi connectivity index (χ3n) is 7.54. The maximum atomic E-state index is 12.3. The van der Waals surface area contributed by atoms with E-state index in [1.54, 1.807) is 26.0 Å². The van der Waals surface area contributed by atoms with Crippen molar-refractivity contribution in [2.75, 3.05) is 7.11 Å². The molecular weight excluding hydrogens is 518 g/mol. The number of carbonyl (C=O) groups excluding carboxylic acids is 3. The Balaban J connectivity index is 1.92. The summed E-state index contributed by atoms with van der Waals surface area (Å²) >= 11 is 0. The third-order valence-corrected chi connectivity index (χ3v) is 7.54. The summed E-state index contributed by atoms with van der Waals surface area (Å²) in [7, 11) is 1.32.